The molecule has 0 aliphatic carbocycles. The van der Waals surface area contributed by atoms with E-state index in [0.717, 1.165) is 22.5 Å². The van der Waals surface area contributed by atoms with Crippen LogP contribution in [0, 0.1) is 0 Å². The number of alkyl halides is 4. The summed E-state index contributed by atoms with van der Waals surface area (Å²) < 4.78 is 69.3. The van der Waals surface area contributed by atoms with Crippen LogP contribution in [0.25, 0.3) is 0 Å². The fourth-order valence-electron chi connectivity index (χ4n) is 1.70. The Labute approximate surface area is 126 Å². The lowest BCUT2D eigenvalue weighted by Crippen LogP contribution is -2.36. The molecule has 120 valence electrons. The van der Waals surface area contributed by atoms with Crippen LogP contribution >= 0.6 is 11.6 Å². The molecular weight excluding hydrogens is 331 g/mol. The van der Waals surface area contributed by atoms with Crippen LogP contribution in [0.3, 0.4) is 0 Å². The smallest absolute Gasteiger partial charge is 0.383 e. The van der Waals surface area contributed by atoms with Crippen molar-refractivity contribution in [2.75, 3.05) is 32.7 Å². The molecule has 1 aromatic carbocycles. The Morgan fingerprint density at radius 1 is 1.24 bits per heavy atom. The van der Waals surface area contributed by atoms with Crippen molar-refractivity contribution in [3.8, 4) is 0 Å². The molecule has 21 heavy (non-hydrogen) atoms. The molecule has 0 saturated carbocycles. The Bertz CT molecular complexity index is 563. The number of nitrogens with zero attached hydrogens (tertiary/aromatic N) is 1. The number of rotatable bonds is 7. The zero-order valence-corrected chi connectivity index (χ0v) is 12.8. The topological polar surface area (TPSA) is 46.6 Å². The van der Waals surface area contributed by atoms with Gasteiger partial charge in [0.05, 0.1) is 17.1 Å². The number of hydrogen-bond donors (Lipinski definition) is 0. The third kappa shape index (κ3) is 4.57. The first kappa shape index (κ1) is 18.2. The van der Waals surface area contributed by atoms with Crippen molar-refractivity contribution in [1.82, 2.24) is 4.31 Å². The summed E-state index contributed by atoms with van der Waals surface area (Å²) in [5, 5.41) is 0. The molecule has 0 atom stereocenters. The first-order chi connectivity index (χ1) is 9.75. The molecule has 4 nitrogen and oxygen atoms in total. The molecule has 0 bridgehead atoms. The second-order valence-corrected chi connectivity index (χ2v) is 6.36. The van der Waals surface area contributed by atoms with Gasteiger partial charge in [-0.05, 0) is 12.1 Å². The van der Waals surface area contributed by atoms with Gasteiger partial charge in [-0.3, -0.25) is 0 Å². The molecule has 0 radical (unpaired) electrons. The van der Waals surface area contributed by atoms with Gasteiger partial charge in [-0.25, -0.2) is 8.42 Å². The van der Waals surface area contributed by atoms with Gasteiger partial charge in [0.2, 0.25) is 10.0 Å². The molecule has 0 spiro atoms. The van der Waals surface area contributed by atoms with Gasteiger partial charge in [-0.1, -0.05) is 12.1 Å². The molecule has 1 rings (SSSR count). The highest BCUT2D eigenvalue weighted by atomic mass is 35.5. The van der Waals surface area contributed by atoms with Crippen molar-refractivity contribution >= 4 is 21.6 Å². The van der Waals surface area contributed by atoms with E-state index in [0.29, 0.717) is 0 Å². The van der Waals surface area contributed by atoms with Crippen molar-refractivity contribution in [1.29, 1.82) is 0 Å². The maximum absolute atomic E-state index is 12.9. The minimum absolute atomic E-state index is 0.0306. The van der Waals surface area contributed by atoms with Gasteiger partial charge < -0.3 is 4.74 Å². The summed E-state index contributed by atoms with van der Waals surface area (Å²) in [7, 11) is -2.93. The lowest BCUT2D eigenvalue weighted by Gasteiger charge is -2.23. The molecule has 0 saturated heterocycles. The number of sulfonamides is 1. The molecule has 0 amide bonds. The minimum atomic E-state index is -4.75. The lowest BCUT2D eigenvalue weighted by molar-refractivity contribution is -0.139. The third-order valence-electron chi connectivity index (χ3n) is 2.69. The summed E-state index contributed by atoms with van der Waals surface area (Å²) in [5.41, 5.74) is -1.19. The van der Waals surface area contributed by atoms with Gasteiger partial charge in [-0.15, -0.1) is 11.6 Å². The van der Waals surface area contributed by atoms with E-state index in [1.807, 2.05) is 0 Å². The van der Waals surface area contributed by atoms with Crippen LogP contribution in [-0.4, -0.2) is 45.4 Å². The molecular formula is C12H15ClF3NO3S. The Balaban J connectivity index is 3.28. The number of methoxy groups -OCH3 is 1. The summed E-state index contributed by atoms with van der Waals surface area (Å²) in [6.07, 6.45) is -4.75. The molecule has 9 heteroatoms. The number of benzene rings is 1. The highest BCUT2D eigenvalue weighted by molar-refractivity contribution is 7.89. The van der Waals surface area contributed by atoms with Crippen molar-refractivity contribution in [2.45, 2.75) is 11.1 Å². The number of hydrogen-bond acceptors (Lipinski definition) is 3. The van der Waals surface area contributed by atoms with E-state index in [9.17, 15) is 21.6 Å². The van der Waals surface area contributed by atoms with E-state index >= 15 is 0 Å². The van der Waals surface area contributed by atoms with Gasteiger partial charge in [0, 0.05) is 26.1 Å². The van der Waals surface area contributed by atoms with E-state index in [1.54, 1.807) is 0 Å². The number of ether oxygens (including phenoxy) is 1. The summed E-state index contributed by atoms with van der Waals surface area (Å²) in [6, 6.07) is 4.06. The fourth-order valence-corrected chi connectivity index (χ4v) is 3.65. The SMILES string of the molecule is COCCN(CCCl)S(=O)(=O)c1ccccc1C(F)(F)F. The van der Waals surface area contributed by atoms with Crippen LogP contribution in [0.5, 0.6) is 0 Å². The van der Waals surface area contributed by atoms with E-state index in [1.165, 1.54) is 13.2 Å². The average Bonchev–Trinajstić information content (AvgIpc) is 2.42. The van der Waals surface area contributed by atoms with Gasteiger partial charge >= 0.3 is 6.18 Å². The molecule has 0 aliphatic rings. The maximum Gasteiger partial charge on any atom is 0.417 e. The Kier molecular flexibility index (Phi) is 6.45. The van der Waals surface area contributed by atoms with Gasteiger partial charge in [0.25, 0.3) is 0 Å². The molecule has 1 aromatic rings. The molecule has 0 fully saturated rings. The summed E-state index contributed by atoms with van der Waals surface area (Å²) in [5.74, 6) is -0.0306. The lowest BCUT2D eigenvalue weighted by atomic mass is 10.2. The van der Waals surface area contributed by atoms with Crippen LogP contribution in [0.1, 0.15) is 5.56 Å². The van der Waals surface area contributed by atoms with E-state index in [-0.39, 0.29) is 25.6 Å². The van der Waals surface area contributed by atoms with Crippen LogP contribution in [0.4, 0.5) is 13.2 Å². The molecule has 0 unspecified atom stereocenters. The molecule has 0 heterocycles. The van der Waals surface area contributed by atoms with E-state index in [4.69, 9.17) is 16.3 Å². The monoisotopic (exact) mass is 345 g/mol. The standard InChI is InChI=1S/C12H15ClF3NO3S/c1-20-9-8-17(7-6-13)21(18,19)11-5-3-2-4-10(11)12(14,15)16/h2-5H,6-9H2,1H3. The fraction of sp³-hybridized carbons (Fsp3) is 0.500. The summed E-state index contributed by atoms with van der Waals surface area (Å²) in [4.78, 5) is -0.779. The van der Waals surface area contributed by atoms with Crippen molar-refractivity contribution in [3.05, 3.63) is 29.8 Å². The Morgan fingerprint density at radius 2 is 1.86 bits per heavy atom. The Hall–Kier alpha value is -0.830. The maximum atomic E-state index is 12.9. The summed E-state index contributed by atoms with van der Waals surface area (Å²) in [6.45, 7) is -0.110. The van der Waals surface area contributed by atoms with Crippen LogP contribution in [0.2, 0.25) is 0 Å². The zero-order valence-electron chi connectivity index (χ0n) is 11.2. The van der Waals surface area contributed by atoms with E-state index < -0.39 is 26.7 Å². The Morgan fingerprint density at radius 3 is 2.38 bits per heavy atom. The first-order valence-corrected chi connectivity index (χ1v) is 7.94. The van der Waals surface area contributed by atoms with Crippen LogP contribution in [-0.2, 0) is 20.9 Å². The van der Waals surface area contributed by atoms with Gasteiger partial charge in [0.15, 0.2) is 0 Å². The minimum Gasteiger partial charge on any atom is -0.383 e. The second-order valence-electron chi connectivity index (χ2n) is 4.08. The highest BCUT2D eigenvalue weighted by Gasteiger charge is 2.38. The molecule has 0 N–H and O–H groups in total. The highest BCUT2D eigenvalue weighted by Crippen LogP contribution is 2.35. The first-order valence-electron chi connectivity index (χ1n) is 5.96. The average molecular weight is 346 g/mol. The number of halogens is 4. The normalized spacial score (nSPS) is 12.9. The molecule has 0 aliphatic heterocycles. The quantitative estimate of drug-likeness (QED) is 0.714. The predicted molar refractivity (Wildman–Crippen MR) is 72.8 cm³/mol. The van der Waals surface area contributed by atoms with Gasteiger partial charge in [0.1, 0.15) is 0 Å². The van der Waals surface area contributed by atoms with E-state index in [2.05, 4.69) is 0 Å². The summed E-state index contributed by atoms with van der Waals surface area (Å²) >= 11 is 5.53. The second kappa shape index (κ2) is 7.44. The van der Waals surface area contributed by atoms with Crippen LogP contribution in [0.15, 0.2) is 29.2 Å². The van der Waals surface area contributed by atoms with Gasteiger partial charge in [-0.2, -0.15) is 17.5 Å². The predicted octanol–water partition coefficient (Wildman–Crippen LogP) is 2.58. The van der Waals surface area contributed by atoms with Crippen LogP contribution < -0.4 is 0 Å². The third-order valence-corrected chi connectivity index (χ3v) is 4.81. The van der Waals surface area contributed by atoms with Crippen molar-refractivity contribution in [3.63, 3.8) is 0 Å². The van der Waals surface area contributed by atoms with Crippen molar-refractivity contribution in [2.24, 2.45) is 0 Å². The largest absolute Gasteiger partial charge is 0.417 e. The zero-order chi connectivity index (χ0) is 16.1. The molecule has 0 aromatic heterocycles. The van der Waals surface area contributed by atoms with Crippen molar-refractivity contribution < 1.29 is 26.3 Å².